The van der Waals surface area contributed by atoms with E-state index in [1.807, 2.05) is 0 Å². The fraction of sp³-hybridized carbons (Fsp3) is 0.235. The number of nitrogens with zero attached hydrogens (tertiary/aromatic N) is 4. The van der Waals surface area contributed by atoms with Crippen molar-refractivity contribution in [2.45, 2.75) is 6.61 Å². The lowest BCUT2D eigenvalue weighted by Crippen LogP contribution is -2.32. The van der Waals surface area contributed by atoms with E-state index in [9.17, 15) is 4.79 Å². The van der Waals surface area contributed by atoms with Crippen molar-refractivity contribution in [3.8, 4) is 5.75 Å². The van der Waals surface area contributed by atoms with Crippen molar-refractivity contribution >= 4 is 41.3 Å². The van der Waals surface area contributed by atoms with Crippen LogP contribution in [0.25, 0.3) is 0 Å². The largest absolute Gasteiger partial charge is 0.495 e. The molecule has 1 saturated heterocycles. The van der Waals surface area contributed by atoms with Crippen molar-refractivity contribution in [1.29, 1.82) is 0 Å². The monoisotopic (exact) mass is 394 g/mol. The van der Waals surface area contributed by atoms with Crippen LogP contribution in [0.1, 0.15) is 5.69 Å². The molecule has 0 N–H and O–H groups in total. The zero-order valence-electron chi connectivity index (χ0n) is 13.9. The average Bonchev–Trinajstić information content (AvgIpc) is 3.05. The molecule has 3 rings (SSSR count). The number of guanidine groups is 1. The average molecular weight is 395 g/mol. The van der Waals surface area contributed by atoms with Crippen molar-refractivity contribution < 1.29 is 14.4 Å². The molecule has 9 heteroatoms. The van der Waals surface area contributed by atoms with Gasteiger partial charge in [-0.05, 0) is 24.3 Å². The number of carbonyl (C=O) groups is 1. The molecule has 26 heavy (non-hydrogen) atoms. The standard InChI is InChI=1S/C17H16Cl2N4O3/c1-25-13-6-5-12(20-9-13)10-26-23-8-7-22(11-24)17(23)21-16-14(18)3-2-4-15(16)19/h2-6,9,11H,7-8,10H2,1H3. The predicted molar refractivity (Wildman–Crippen MR) is 98.6 cm³/mol. The molecular weight excluding hydrogens is 379 g/mol. The van der Waals surface area contributed by atoms with Gasteiger partial charge in [0.1, 0.15) is 18.0 Å². The molecule has 0 spiro atoms. The first-order valence-corrected chi connectivity index (χ1v) is 8.52. The summed E-state index contributed by atoms with van der Waals surface area (Å²) >= 11 is 12.3. The third-order valence-corrected chi connectivity index (χ3v) is 4.31. The van der Waals surface area contributed by atoms with Crippen LogP contribution < -0.4 is 4.74 Å². The van der Waals surface area contributed by atoms with Gasteiger partial charge in [0.25, 0.3) is 0 Å². The van der Waals surface area contributed by atoms with Crippen LogP contribution in [0.5, 0.6) is 5.75 Å². The highest BCUT2D eigenvalue weighted by molar-refractivity contribution is 6.38. The third kappa shape index (κ3) is 4.07. The van der Waals surface area contributed by atoms with E-state index in [2.05, 4.69) is 9.98 Å². The zero-order valence-corrected chi connectivity index (χ0v) is 15.4. The molecule has 1 fully saturated rings. The summed E-state index contributed by atoms with van der Waals surface area (Å²) in [5.74, 6) is 0.987. The molecule has 136 valence electrons. The van der Waals surface area contributed by atoms with E-state index in [4.69, 9.17) is 32.8 Å². The number of ether oxygens (including phenoxy) is 1. The molecule has 1 aromatic heterocycles. The first-order chi connectivity index (χ1) is 12.6. The number of pyridine rings is 1. The second kappa shape index (κ2) is 8.35. The van der Waals surface area contributed by atoms with Gasteiger partial charge >= 0.3 is 0 Å². The molecule has 0 saturated carbocycles. The highest BCUT2D eigenvalue weighted by Crippen LogP contribution is 2.33. The predicted octanol–water partition coefficient (Wildman–Crippen LogP) is 3.29. The number of para-hydroxylation sites is 1. The first-order valence-electron chi connectivity index (χ1n) is 7.76. The van der Waals surface area contributed by atoms with Crippen molar-refractivity contribution in [3.63, 3.8) is 0 Å². The van der Waals surface area contributed by atoms with Gasteiger partial charge < -0.3 is 4.74 Å². The van der Waals surface area contributed by atoms with E-state index in [1.54, 1.807) is 43.6 Å². The summed E-state index contributed by atoms with van der Waals surface area (Å²) < 4.78 is 5.08. The summed E-state index contributed by atoms with van der Waals surface area (Å²) in [5.41, 5.74) is 1.10. The Labute approximate surface area is 160 Å². The summed E-state index contributed by atoms with van der Waals surface area (Å²) in [6.45, 7) is 1.13. The molecule has 1 aliphatic rings. The van der Waals surface area contributed by atoms with Gasteiger partial charge in [-0.2, -0.15) is 0 Å². The van der Waals surface area contributed by atoms with Gasteiger partial charge in [-0.25, -0.2) is 10.1 Å². The minimum absolute atomic E-state index is 0.214. The maximum Gasteiger partial charge on any atom is 0.233 e. The number of methoxy groups -OCH3 is 1. The highest BCUT2D eigenvalue weighted by Gasteiger charge is 2.28. The Morgan fingerprint density at radius 1 is 1.23 bits per heavy atom. The van der Waals surface area contributed by atoms with E-state index in [-0.39, 0.29) is 6.61 Å². The quantitative estimate of drug-likeness (QED) is 0.703. The number of amides is 1. The second-order valence-electron chi connectivity index (χ2n) is 5.35. The fourth-order valence-corrected chi connectivity index (χ4v) is 2.82. The number of hydrogen-bond donors (Lipinski definition) is 0. The smallest absolute Gasteiger partial charge is 0.233 e. The van der Waals surface area contributed by atoms with Gasteiger partial charge in [-0.15, -0.1) is 0 Å². The van der Waals surface area contributed by atoms with Gasteiger partial charge in [0, 0.05) is 6.54 Å². The lowest BCUT2D eigenvalue weighted by molar-refractivity contribution is -0.115. The van der Waals surface area contributed by atoms with Crippen LogP contribution >= 0.6 is 23.2 Å². The van der Waals surface area contributed by atoms with Gasteiger partial charge in [0.15, 0.2) is 0 Å². The molecule has 1 amide bonds. The lowest BCUT2D eigenvalue weighted by atomic mass is 10.3. The summed E-state index contributed by atoms with van der Waals surface area (Å²) in [6.07, 6.45) is 2.30. The summed E-state index contributed by atoms with van der Waals surface area (Å²) in [6, 6.07) is 8.68. The van der Waals surface area contributed by atoms with E-state index in [0.717, 1.165) is 0 Å². The maximum absolute atomic E-state index is 11.3. The highest BCUT2D eigenvalue weighted by atomic mass is 35.5. The number of rotatable bonds is 6. The zero-order chi connectivity index (χ0) is 18.5. The third-order valence-electron chi connectivity index (χ3n) is 3.70. The van der Waals surface area contributed by atoms with Crippen molar-refractivity contribution in [1.82, 2.24) is 14.9 Å². The normalized spacial score (nSPS) is 15.6. The molecule has 0 atom stereocenters. The van der Waals surface area contributed by atoms with Gasteiger partial charge in [-0.1, -0.05) is 29.3 Å². The lowest BCUT2D eigenvalue weighted by Gasteiger charge is -2.19. The van der Waals surface area contributed by atoms with Crippen LogP contribution in [0.15, 0.2) is 41.5 Å². The molecule has 2 heterocycles. The molecule has 0 radical (unpaired) electrons. The second-order valence-corrected chi connectivity index (χ2v) is 6.16. The molecular formula is C17H16Cl2N4O3. The number of aromatic nitrogens is 1. The topological polar surface area (TPSA) is 67.3 Å². The number of hydroxylamine groups is 2. The maximum atomic E-state index is 11.3. The summed E-state index contributed by atoms with van der Waals surface area (Å²) in [7, 11) is 1.58. The number of hydrogen-bond acceptors (Lipinski definition) is 5. The molecule has 2 aromatic rings. The van der Waals surface area contributed by atoms with Crippen molar-refractivity contribution in [2.75, 3.05) is 20.2 Å². The fourth-order valence-electron chi connectivity index (χ4n) is 2.34. The molecule has 0 bridgehead atoms. The summed E-state index contributed by atoms with van der Waals surface area (Å²) in [5, 5.41) is 2.30. The Kier molecular flexibility index (Phi) is 5.92. The number of benzene rings is 1. The molecule has 0 aliphatic carbocycles. The van der Waals surface area contributed by atoms with Crippen LogP contribution in [-0.4, -0.2) is 47.5 Å². The summed E-state index contributed by atoms with van der Waals surface area (Å²) in [4.78, 5) is 27.2. The minimum Gasteiger partial charge on any atom is -0.495 e. The Balaban J connectivity index is 1.79. The Morgan fingerprint density at radius 2 is 2.00 bits per heavy atom. The SMILES string of the molecule is COc1ccc(CON2CCN(C=O)C2=Nc2c(Cl)cccc2Cl)nc1. The van der Waals surface area contributed by atoms with E-state index in [0.29, 0.717) is 52.6 Å². The van der Waals surface area contributed by atoms with Crippen LogP contribution in [0, 0.1) is 0 Å². The van der Waals surface area contributed by atoms with Gasteiger partial charge in [-0.3, -0.25) is 19.5 Å². The molecule has 0 unspecified atom stereocenters. The Morgan fingerprint density at radius 3 is 2.62 bits per heavy atom. The minimum atomic E-state index is 0.214. The molecule has 7 nitrogen and oxygen atoms in total. The Hall–Kier alpha value is -2.35. The number of carbonyl (C=O) groups excluding carboxylic acids is 1. The van der Waals surface area contributed by atoms with Gasteiger partial charge in [0.05, 0.1) is 35.6 Å². The van der Waals surface area contributed by atoms with E-state index in [1.165, 1.54) is 9.96 Å². The molecule has 1 aliphatic heterocycles. The molecule has 1 aromatic carbocycles. The van der Waals surface area contributed by atoms with Crippen molar-refractivity contribution in [2.24, 2.45) is 4.99 Å². The van der Waals surface area contributed by atoms with Crippen LogP contribution in [0.3, 0.4) is 0 Å². The number of halogens is 2. The first kappa shape index (κ1) is 18.4. The van der Waals surface area contributed by atoms with E-state index >= 15 is 0 Å². The van der Waals surface area contributed by atoms with Crippen molar-refractivity contribution in [3.05, 3.63) is 52.3 Å². The van der Waals surface area contributed by atoms with Crippen LogP contribution in [-0.2, 0) is 16.2 Å². The Bertz CT molecular complexity index is 794. The number of aliphatic imine (C=N–C) groups is 1. The van der Waals surface area contributed by atoms with Gasteiger partial charge in [0.2, 0.25) is 12.4 Å². The van der Waals surface area contributed by atoms with E-state index < -0.39 is 0 Å². The van der Waals surface area contributed by atoms with Crippen LogP contribution in [0.2, 0.25) is 10.0 Å². The van der Waals surface area contributed by atoms with Crippen LogP contribution in [0.4, 0.5) is 5.69 Å².